The van der Waals surface area contributed by atoms with Gasteiger partial charge >= 0.3 is 0 Å². The molecule has 0 saturated carbocycles. The zero-order valence-corrected chi connectivity index (χ0v) is 13.6. The summed E-state index contributed by atoms with van der Waals surface area (Å²) in [6.07, 6.45) is 2.81. The van der Waals surface area contributed by atoms with Crippen molar-refractivity contribution in [1.29, 1.82) is 0 Å². The van der Waals surface area contributed by atoms with Crippen molar-refractivity contribution in [2.75, 3.05) is 18.5 Å². The van der Waals surface area contributed by atoms with Crippen molar-refractivity contribution in [1.82, 2.24) is 4.98 Å². The maximum absolute atomic E-state index is 5.57. The molecule has 0 aliphatic carbocycles. The van der Waals surface area contributed by atoms with Gasteiger partial charge in [-0.25, -0.2) is 4.98 Å². The summed E-state index contributed by atoms with van der Waals surface area (Å²) in [6, 6.07) is 4.33. The Bertz CT molecular complexity index is 553. The van der Waals surface area contributed by atoms with E-state index in [0.29, 0.717) is 6.54 Å². The molecule has 0 unspecified atom stereocenters. The fourth-order valence-corrected chi connectivity index (χ4v) is 3.31. The lowest BCUT2D eigenvalue weighted by Crippen LogP contribution is -2.18. The quantitative estimate of drug-likeness (QED) is 0.908. The summed E-state index contributed by atoms with van der Waals surface area (Å²) in [5.74, 6) is 1.03. The molecule has 5 heteroatoms. The average molecular weight is 340 g/mol. The van der Waals surface area contributed by atoms with E-state index in [1.54, 1.807) is 11.3 Å². The van der Waals surface area contributed by atoms with Crippen LogP contribution in [-0.4, -0.2) is 18.6 Å². The van der Waals surface area contributed by atoms with E-state index in [4.69, 9.17) is 5.73 Å². The van der Waals surface area contributed by atoms with Crippen molar-refractivity contribution >= 4 is 33.1 Å². The second kappa shape index (κ2) is 6.50. The van der Waals surface area contributed by atoms with E-state index in [1.807, 2.05) is 6.20 Å². The number of hydrogen-bond acceptors (Lipinski definition) is 4. The van der Waals surface area contributed by atoms with Crippen LogP contribution in [0.5, 0.6) is 0 Å². The van der Waals surface area contributed by atoms with Crippen molar-refractivity contribution in [2.45, 2.75) is 19.9 Å². The molecule has 2 N–H and O–H groups in total. The van der Waals surface area contributed by atoms with E-state index >= 15 is 0 Å². The summed E-state index contributed by atoms with van der Waals surface area (Å²) in [5.41, 5.74) is 9.27. The van der Waals surface area contributed by atoms with Gasteiger partial charge in [-0.1, -0.05) is 6.07 Å². The first kappa shape index (κ1) is 14.5. The molecule has 0 fully saturated rings. The Labute approximate surface area is 126 Å². The number of nitrogens with zero attached hydrogens (tertiary/aromatic N) is 2. The van der Waals surface area contributed by atoms with Crippen LogP contribution in [0, 0.1) is 6.92 Å². The van der Waals surface area contributed by atoms with Gasteiger partial charge in [0.2, 0.25) is 0 Å². The third-order valence-electron chi connectivity index (χ3n) is 2.94. The topological polar surface area (TPSA) is 42.1 Å². The molecule has 0 radical (unpaired) electrons. The number of nitrogens with two attached hydrogens (primary N) is 1. The van der Waals surface area contributed by atoms with Gasteiger partial charge in [-0.2, -0.15) is 0 Å². The molecule has 2 heterocycles. The molecular weight excluding hydrogens is 322 g/mol. The fraction of sp³-hybridized carbons (Fsp3) is 0.357. The lowest BCUT2D eigenvalue weighted by Gasteiger charge is -2.20. The third kappa shape index (κ3) is 3.78. The van der Waals surface area contributed by atoms with Crippen LogP contribution < -0.4 is 10.6 Å². The van der Waals surface area contributed by atoms with Crippen LogP contribution in [0.15, 0.2) is 27.5 Å². The predicted molar refractivity (Wildman–Crippen MR) is 85.9 cm³/mol. The SMILES string of the molecule is Cc1cc(CCN)cnc1N(C)Cc1csc(Br)c1. The molecule has 0 atom stereocenters. The van der Waals surface area contributed by atoms with E-state index in [1.165, 1.54) is 20.5 Å². The van der Waals surface area contributed by atoms with Gasteiger partial charge in [-0.3, -0.25) is 0 Å². The highest BCUT2D eigenvalue weighted by atomic mass is 79.9. The van der Waals surface area contributed by atoms with Crippen LogP contribution in [0.4, 0.5) is 5.82 Å². The summed E-state index contributed by atoms with van der Waals surface area (Å²) in [7, 11) is 2.07. The molecule has 0 spiro atoms. The zero-order valence-electron chi connectivity index (χ0n) is 11.2. The first-order chi connectivity index (χ1) is 9.10. The zero-order chi connectivity index (χ0) is 13.8. The molecule has 2 aromatic heterocycles. The van der Waals surface area contributed by atoms with Crippen LogP contribution in [-0.2, 0) is 13.0 Å². The number of anilines is 1. The molecule has 2 rings (SSSR count). The molecule has 0 saturated heterocycles. The minimum atomic E-state index is 0.666. The third-order valence-corrected chi connectivity index (χ3v) is 4.50. The second-order valence-corrected chi connectivity index (χ2v) is 6.93. The number of halogens is 1. The van der Waals surface area contributed by atoms with E-state index in [9.17, 15) is 0 Å². The molecule has 0 aliphatic heterocycles. The largest absolute Gasteiger partial charge is 0.355 e. The molecule has 0 aliphatic rings. The van der Waals surface area contributed by atoms with Crippen molar-refractivity contribution in [2.24, 2.45) is 5.73 Å². The molecule has 0 aromatic carbocycles. The molecule has 102 valence electrons. The van der Waals surface area contributed by atoms with Gasteiger partial charge < -0.3 is 10.6 Å². The maximum Gasteiger partial charge on any atom is 0.131 e. The van der Waals surface area contributed by atoms with Crippen molar-refractivity contribution < 1.29 is 0 Å². The van der Waals surface area contributed by atoms with Crippen LogP contribution in [0.2, 0.25) is 0 Å². The highest BCUT2D eigenvalue weighted by molar-refractivity contribution is 9.11. The Balaban J connectivity index is 2.12. The Hall–Kier alpha value is -0.910. The fourth-order valence-electron chi connectivity index (χ4n) is 2.11. The highest BCUT2D eigenvalue weighted by Crippen LogP contribution is 2.24. The molecule has 0 bridgehead atoms. The van der Waals surface area contributed by atoms with Crippen molar-refractivity contribution in [3.63, 3.8) is 0 Å². The van der Waals surface area contributed by atoms with Crippen LogP contribution in [0.3, 0.4) is 0 Å². The summed E-state index contributed by atoms with van der Waals surface area (Å²) in [6.45, 7) is 3.63. The molecular formula is C14H18BrN3S. The number of pyridine rings is 1. The van der Waals surface area contributed by atoms with Gasteiger partial charge in [0, 0.05) is 19.8 Å². The predicted octanol–water partition coefficient (Wildman–Crippen LogP) is 3.35. The Kier molecular flexibility index (Phi) is 4.96. The molecule has 3 nitrogen and oxygen atoms in total. The number of hydrogen-bond donors (Lipinski definition) is 1. The van der Waals surface area contributed by atoms with Gasteiger partial charge in [0.25, 0.3) is 0 Å². The van der Waals surface area contributed by atoms with Gasteiger partial charge in [-0.15, -0.1) is 11.3 Å². The summed E-state index contributed by atoms with van der Waals surface area (Å²) in [4.78, 5) is 6.74. The van der Waals surface area contributed by atoms with E-state index < -0.39 is 0 Å². The first-order valence-corrected chi connectivity index (χ1v) is 7.87. The summed E-state index contributed by atoms with van der Waals surface area (Å²) in [5, 5.41) is 2.17. The monoisotopic (exact) mass is 339 g/mol. The number of aromatic nitrogens is 1. The number of thiophene rings is 1. The van der Waals surface area contributed by atoms with E-state index in [-0.39, 0.29) is 0 Å². The van der Waals surface area contributed by atoms with Crippen LogP contribution in [0.1, 0.15) is 16.7 Å². The van der Waals surface area contributed by atoms with Gasteiger partial charge in [0.1, 0.15) is 5.82 Å². The van der Waals surface area contributed by atoms with Gasteiger partial charge in [0.05, 0.1) is 3.79 Å². The lowest BCUT2D eigenvalue weighted by atomic mass is 10.1. The summed E-state index contributed by atoms with van der Waals surface area (Å²) < 4.78 is 1.17. The molecule has 19 heavy (non-hydrogen) atoms. The number of aryl methyl sites for hydroxylation is 1. The normalized spacial score (nSPS) is 10.7. The smallest absolute Gasteiger partial charge is 0.131 e. The standard InChI is InChI=1S/C14H18BrN3S/c1-10-5-11(3-4-16)7-17-14(10)18(2)8-12-6-13(15)19-9-12/h5-7,9H,3-4,8,16H2,1-2H3. The van der Waals surface area contributed by atoms with Crippen LogP contribution >= 0.6 is 27.3 Å². The average Bonchev–Trinajstić information content (AvgIpc) is 2.75. The van der Waals surface area contributed by atoms with E-state index in [2.05, 4.69) is 57.3 Å². The Morgan fingerprint density at radius 1 is 1.37 bits per heavy atom. The summed E-state index contributed by atoms with van der Waals surface area (Å²) >= 11 is 5.20. The Morgan fingerprint density at radius 2 is 2.16 bits per heavy atom. The maximum atomic E-state index is 5.57. The first-order valence-electron chi connectivity index (χ1n) is 6.20. The van der Waals surface area contributed by atoms with E-state index in [0.717, 1.165) is 18.8 Å². The Morgan fingerprint density at radius 3 is 2.74 bits per heavy atom. The van der Waals surface area contributed by atoms with Gasteiger partial charge in [0.15, 0.2) is 0 Å². The minimum absolute atomic E-state index is 0.666. The minimum Gasteiger partial charge on any atom is -0.355 e. The number of rotatable bonds is 5. The lowest BCUT2D eigenvalue weighted by molar-refractivity contribution is 0.884. The van der Waals surface area contributed by atoms with Crippen LogP contribution in [0.25, 0.3) is 0 Å². The van der Waals surface area contributed by atoms with Crippen molar-refractivity contribution in [3.05, 3.63) is 44.2 Å². The highest BCUT2D eigenvalue weighted by Gasteiger charge is 2.08. The molecule has 2 aromatic rings. The molecule has 0 amide bonds. The van der Waals surface area contributed by atoms with Crippen molar-refractivity contribution in [3.8, 4) is 0 Å². The van der Waals surface area contributed by atoms with Gasteiger partial charge in [-0.05, 0) is 64.0 Å². The second-order valence-electron chi connectivity index (χ2n) is 4.64.